The molecule has 0 amide bonds. The Kier molecular flexibility index (Phi) is 3.91. The number of carbonyl (C=O) groups is 1. The smallest absolute Gasteiger partial charge is 0.325 e. The van der Waals surface area contributed by atoms with Gasteiger partial charge in [0, 0.05) is 6.07 Å². The van der Waals surface area contributed by atoms with Gasteiger partial charge >= 0.3 is 5.97 Å². The van der Waals surface area contributed by atoms with Gasteiger partial charge in [-0.3, -0.25) is 4.79 Å². The van der Waals surface area contributed by atoms with Crippen molar-refractivity contribution in [2.24, 2.45) is 0 Å². The number of ether oxygens (including phenoxy) is 2. The van der Waals surface area contributed by atoms with Gasteiger partial charge in [0.1, 0.15) is 18.1 Å². The number of nitrogens with one attached hydrogen (secondary N) is 1. The molecule has 1 rings (SSSR count). The summed E-state index contributed by atoms with van der Waals surface area (Å²) in [5, 5.41) is 2.61. The van der Waals surface area contributed by atoms with Crippen molar-refractivity contribution in [2.45, 2.75) is 0 Å². The number of anilines is 1. The van der Waals surface area contributed by atoms with E-state index < -0.39 is 11.8 Å². The Bertz CT molecular complexity index is 355. The molecule has 0 aliphatic carbocycles. The molecule has 0 saturated heterocycles. The van der Waals surface area contributed by atoms with Crippen LogP contribution in [0.3, 0.4) is 0 Å². The van der Waals surface area contributed by atoms with E-state index in [-0.39, 0.29) is 12.2 Å². The van der Waals surface area contributed by atoms with Gasteiger partial charge in [0.15, 0.2) is 0 Å². The molecule has 0 fully saturated rings. The molecular weight excluding hydrogens is 201 g/mol. The molecule has 0 heterocycles. The minimum Gasteiger partial charge on any atom is -0.497 e. The van der Waals surface area contributed by atoms with Gasteiger partial charge in [-0.15, -0.1) is 0 Å². The molecule has 0 radical (unpaired) electrons. The van der Waals surface area contributed by atoms with E-state index in [1.54, 1.807) is 6.07 Å². The summed E-state index contributed by atoms with van der Waals surface area (Å²) in [4.78, 5) is 10.8. The van der Waals surface area contributed by atoms with Gasteiger partial charge in [-0.1, -0.05) is 0 Å². The highest BCUT2D eigenvalue weighted by molar-refractivity contribution is 5.74. The van der Waals surface area contributed by atoms with Crippen LogP contribution in [0.4, 0.5) is 10.1 Å². The van der Waals surface area contributed by atoms with E-state index in [2.05, 4.69) is 10.1 Å². The summed E-state index contributed by atoms with van der Waals surface area (Å²) in [6, 6.07) is 4.33. The molecule has 0 aliphatic rings. The normalized spacial score (nSPS) is 9.53. The highest BCUT2D eigenvalue weighted by Crippen LogP contribution is 2.19. The number of rotatable bonds is 4. The molecule has 0 bridgehead atoms. The van der Waals surface area contributed by atoms with Gasteiger partial charge in [-0.05, 0) is 12.1 Å². The maximum Gasteiger partial charge on any atom is 0.325 e. The number of hydrogen-bond donors (Lipinski definition) is 1. The number of benzene rings is 1. The third-order valence-corrected chi connectivity index (χ3v) is 1.83. The van der Waals surface area contributed by atoms with Crippen LogP contribution in [-0.2, 0) is 9.53 Å². The van der Waals surface area contributed by atoms with Gasteiger partial charge in [0.25, 0.3) is 0 Å². The fraction of sp³-hybridized carbons (Fsp3) is 0.300. The van der Waals surface area contributed by atoms with Gasteiger partial charge in [-0.25, -0.2) is 4.39 Å². The van der Waals surface area contributed by atoms with Gasteiger partial charge in [-0.2, -0.15) is 0 Å². The number of halogens is 1. The standard InChI is InChI=1S/C10H12FNO3/c1-14-7-3-4-9(8(11)5-7)12-6-10(13)15-2/h3-5,12H,6H2,1-2H3. The zero-order valence-corrected chi connectivity index (χ0v) is 8.54. The number of esters is 1. The average molecular weight is 213 g/mol. The lowest BCUT2D eigenvalue weighted by atomic mass is 10.3. The summed E-state index contributed by atoms with van der Waals surface area (Å²) in [5.74, 6) is -0.500. The van der Waals surface area contributed by atoms with Crippen molar-refractivity contribution in [3.8, 4) is 5.75 Å². The maximum atomic E-state index is 13.3. The van der Waals surface area contributed by atoms with E-state index >= 15 is 0 Å². The summed E-state index contributed by atoms with van der Waals surface area (Å²) in [6.07, 6.45) is 0. The number of methoxy groups -OCH3 is 2. The Morgan fingerprint density at radius 1 is 1.47 bits per heavy atom. The van der Waals surface area contributed by atoms with Gasteiger partial charge < -0.3 is 14.8 Å². The van der Waals surface area contributed by atoms with Crippen LogP contribution in [0.5, 0.6) is 5.75 Å². The highest BCUT2D eigenvalue weighted by atomic mass is 19.1. The second kappa shape index (κ2) is 5.19. The van der Waals surface area contributed by atoms with Crippen molar-refractivity contribution in [1.29, 1.82) is 0 Å². The first kappa shape index (κ1) is 11.3. The van der Waals surface area contributed by atoms with E-state index in [1.165, 1.54) is 26.4 Å². The molecule has 82 valence electrons. The van der Waals surface area contributed by atoms with Crippen molar-refractivity contribution in [1.82, 2.24) is 0 Å². The first-order chi connectivity index (χ1) is 7.17. The molecule has 0 aromatic heterocycles. The monoisotopic (exact) mass is 213 g/mol. The summed E-state index contributed by atoms with van der Waals surface area (Å²) in [7, 11) is 2.73. The molecule has 4 nitrogen and oxygen atoms in total. The Morgan fingerprint density at radius 3 is 2.73 bits per heavy atom. The van der Waals surface area contributed by atoms with Crippen LogP contribution in [0.25, 0.3) is 0 Å². The van der Waals surface area contributed by atoms with Crippen molar-refractivity contribution in [3.63, 3.8) is 0 Å². The van der Waals surface area contributed by atoms with Crippen molar-refractivity contribution in [2.75, 3.05) is 26.1 Å². The molecule has 1 aromatic carbocycles. The lowest BCUT2D eigenvalue weighted by Crippen LogP contribution is -2.15. The van der Waals surface area contributed by atoms with Crippen molar-refractivity contribution in [3.05, 3.63) is 24.0 Å². The Hall–Kier alpha value is -1.78. The van der Waals surface area contributed by atoms with Crippen LogP contribution < -0.4 is 10.1 Å². The third-order valence-electron chi connectivity index (χ3n) is 1.83. The Morgan fingerprint density at radius 2 is 2.20 bits per heavy atom. The van der Waals surface area contributed by atoms with E-state index in [9.17, 15) is 9.18 Å². The molecular formula is C10H12FNO3. The lowest BCUT2D eigenvalue weighted by molar-refractivity contribution is -0.138. The Balaban J connectivity index is 2.66. The van der Waals surface area contributed by atoms with E-state index in [1.807, 2.05) is 0 Å². The van der Waals surface area contributed by atoms with E-state index in [4.69, 9.17) is 4.74 Å². The second-order valence-corrected chi connectivity index (χ2v) is 2.78. The van der Waals surface area contributed by atoms with Gasteiger partial charge in [0.05, 0.1) is 19.9 Å². The zero-order valence-electron chi connectivity index (χ0n) is 8.54. The summed E-state index contributed by atoms with van der Waals surface area (Å²) >= 11 is 0. The molecule has 0 saturated carbocycles. The fourth-order valence-corrected chi connectivity index (χ4v) is 1.01. The Labute approximate surface area is 87.0 Å². The molecule has 1 N–H and O–H groups in total. The van der Waals surface area contributed by atoms with Crippen LogP contribution in [0.1, 0.15) is 0 Å². The SMILES string of the molecule is COC(=O)CNc1ccc(OC)cc1F. The molecule has 1 aromatic rings. The maximum absolute atomic E-state index is 13.3. The lowest BCUT2D eigenvalue weighted by Gasteiger charge is -2.07. The topological polar surface area (TPSA) is 47.6 Å². The fourth-order valence-electron chi connectivity index (χ4n) is 1.01. The summed E-state index contributed by atoms with van der Waals surface area (Å²) in [6.45, 7) is -0.0697. The van der Waals surface area contributed by atoms with Gasteiger partial charge in [0.2, 0.25) is 0 Å². The van der Waals surface area contributed by atoms with Crippen molar-refractivity contribution >= 4 is 11.7 Å². The quantitative estimate of drug-likeness (QED) is 0.768. The highest BCUT2D eigenvalue weighted by Gasteiger charge is 2.05. The largest absolute Gasteiger partial charge is 0.497 e. The van der Waals surface area contributed by atoms with Crippen LogP contribution in [-0.4, -0.2) is 26.7 Å². The molecule has 0 atom stereocenters. The molecule has 5 heteroatoms. The molecule has 0 unspecified atom stereocenters. The zero-order chi connectivity index (χ0) is 11.3. The van der Waals surface area contributed by atoms with Crippen LogP contribution in [0, 0.1) is 5.82 Å². The number of hydrogen-bond acceptors (Lipinski definition) is 4. The second-order valence-electron chi connectivity index (χ2n) is 2.78. The predicted octanol–water partition coefficient (Wildman–Crippen LogP) is 1.42. The van der Waals surface area contributed by atoms with Crippen molar-refractivity contribution < 1.29 is 18.7 Å². The number of carbonyl (C=O) groups excluding carboxylic acids is 1. The minimum absolute atomic E-state index is 0.0697. The first-order valence-corrected chi connectivity index (χ1v) is 4.31. The predicted molar refractivity (Wildman–Crippen MR) is 53.5 cm³/mol. The molecule has 0 aliphatic heterocycles. The van der Waals surface area contributed by atoms with E-state index in [0.717, 1.165) is 0 Å². The van der Waals surface area contributed by atoms with Crippen LogP contribution in [0.2, 0.25) is 0 Å². The minimum atomic E-state index is -0.474. The summed E-state index contributed by atoms with van der Waals surface area (Å²) in [5.41, 5.74) is 0.237. The first-order valence-electron chi connectivity index (χ1n) is 4.31. The third kappa shape index (κ3) is 3.12. The summed E-state index contributed by atoms with van der Waals surface area (Å²) < 4.78 is 22.5. The average Bonchev–Trinajstić information content (AvgIpc) is 2.26. The van der Waals surface area contributed by atoms with Crippen LogP contribution >= 0.6 is 0 Å². The molecule has 0 spiro atoms. The van der Waals surface area contributed by atoms with Crippen LogP contribution in [0.15, 0.2) is 18.2 Å². The molecule has 15 heavy (non-hydrogen) atoms. The van der Waals surface area contributed by atoms with E-state index in [0.29, 0.717) is 5.75 Å².